The van der Waals surface area contributed by atoms with Crippen molar-refractivity contribution >= 4 is 11.0 Å². The monoisotopic (exact) mass is 271 g/mol. The van der Waals surface area contributed by atoms with Crippen molar-refractivity contribution in [3.63, 3.8) is 0 Å². The maximum atomic E-state index is 5.96. The lowest BCUT2D eigenvalue weighted by atomic mass is 10.0. The Morgan fingerprint density at radius 1 is 1.15 bits per heavy atom. The molecule has 1 aromatic carbocycles. The lowest BCUT2D eigenvalue weighted by Gasteiger charge is -2.20. The minimum atomic E-state index is 0.292. The molecule has 2 aromatic rings. The molecule has 3 atom stereocenters. The molecule has 0 saturated heterocycles. The summed E-state index contributed by atoms with van der Waals surface area (Å²) >= 11 is 0. The first kappa shape index (κ1) is 13.7. The Balaban J connectivity index is 1.67. The lowest BCUT2D eigenvalue weighted by molar-refractivity contribution is 0.371. The number of hydrogen-bond acceptors (Lipinski definition) is 2. The Morgan fingerprint density at radius 3 is 2.85 bits per heavy atom. The van der Waals surface area contributed by atoms with Crippen LogP contribution in [0.2, 0.25) is 0 Å². The van der Waals surface area contributed by atoms with Crippen molar-refractivity contribution in [2.75, 3.05) is 0 Å². The third kappa shape index (κ3) is 3.06. The summed E-state index contributed by atoms with van der Waals surface area (Å²) in [4.78, 5) is 0. The predicted octanol–water partition coefficient (Wildman–Crippen LogP) is 5.05. The number of furan rings is 1. The Hall–Kier alpha value is -1.28. The van der Waals surface area contributed by atoms with Gasteiger partial charge in [0.1, 0.15) is 11.3 Å². The van der Waals surface area contributed by atoms with Gasteiger partial charge in [0.2, 0.25) is 0 Å². The average Bonchev–Trinajstić information content (AvgIpc) is 2.78. The van der Waals surface area contributed by atoms with Gasteiger partial charge in [0.25, 0.3) is 0 Å². The minimum absolute atomic E-state index is 0.292. The van der Waals surface area contributed by atoms with Crippen LogP contribution in [-0.4, -0.2) is 6.04 Å². The molecular formula is C18H25NO. The first-order valence-corrected chi connectivity index (χ1v) is 7.97. The fourth-order valence-corrected chi connectivity index (χ4v) is 3.31. The van der Waals surface area contributed by atoms with Gasteiger partial charge in [-0.3, -0.25) is 0 Å². The number of para-hydroxylation sites is 1. The van der Waals surface area contributed by atoms with E-state index in [4.69, 9.17) is 4.42 Å². The highest BCUT2D eigenvalue weighted by Gasteiger charge is 2.19. The second-order valence-electron chi connectivity index (χ2n) is 6.39. The fourth-order valence-electron chi connectivity index (χ4n) is 3.31. The summed E-state index contributed by atoms with van der Waals surface area (Å²) in [5.74, 6) is 1.95. The summed E-state index contributed by atoms with van der Waals surface area (Å²) in [6, 6.07) is 11.4. The Bertz CT molecular complexity index is 526. The van der Waals surface area contributed by atoms with Crippen LogP contribution in [0.4, 0.5) is 0 Å². The van der Waals surface area contributed by atoms with E-state index >= 15 is 0 Å². The molecule has 0 aliphatic heterocycles. The number of fused-ring (bicyclic) bond motifs is 1. The quantitative estimate of drug-likeness (QED) is 0.790. The van der Waals surface area contributed by atoms with Gasteiger partial charge in [-0.05, 0) is 44.2 Å². The molecule has 1 aliphatic rings. The van der Waals surface area contributed by atoms with Crippen molar-refractivity contribution in [2.45, 2.75) is 58.0 Å². The van der Waals surface area contributed by atoms with Crippen LogP contribution in [0.3, 0.4) is 0 Å². The van der Waals surface area contributed by atoms with Crippen molar-refractivity contribution in [3.05, 3.63) is 36.1 Å². The molecule has 1 heterocycles. The van der Waals surface area contributed by atoms with Gasteiger partial charge in [0.15, 0.2) is 0 Å². The highest BCUT2D eigenvalue weighted by Crippen LogP contribution is 2.27. The van der Waals surface area contributed by atoms with Crippen molar-refractivity contribution in [3.8, 4) is 0 Å². The molecule has 0 radical (unpaired) electrons. The zero-order valence-electron chi connectivity index (χ0n) is 12.6. The van der Waals surface area contributed by atoms with Gasteiger partial charge in [-0.15, -0.1) is 0 Å². The lowest BCUT2D eigenvalue weighted by Crippen LogP contribution is -2.30. The fraction of sp³-hybridized carbons (Fsp3) is 0.556. The van der Waals surface area contributed by atoms with Crippen LogP contribution in [0, 0.1) is 5.92 Å². The van der Waals surface area contributed by atoms with Gasteiger partial charge < -0.3 is 9.73 Å². The van der Waals surface area contributed by atoms with Crippen LogP contribution in [0.1, 0.15) is 57.8 Å². The summed E-state index contributed by atoms with van der Waals surface area (Å²) in [7, 11) is 0. The Labute approximate surface area is 121 Å². The zero-order valence-corrected chi connectivity index (χ0v) is 12.6. The zero-order chi connectivity index (χ0) is 13.9. The van der Waals surface area contributed by atoms with Crippen LogP contribution in [0.15, 0.2) is 34.7 Å². The van der Waals surface area contributed by atoms with E-state index in [2.05, 4.69) is 37.4 Å². The van der Waals surface area contributed by atoms with Crippen molar-refractivity contribution in [1.82, 2.24) is 5.32 Å². The third-order valence-corrected chi connectivity index (χ3v) is 4.61. The molecule has 2 nitrogen and oxygen atoms in total. The summed E-state index contributed by atoms with van der Waals surface area (Å²) in [6.45, 7) is 4.59. The molecule has 1 saturated carbocycles. The number of benzene rings is 1. The number of hydrogen-bond donors (Lipinski definition) is 1. The third-order valence-electron chi connectivity index (χ3n) is 4.61. The highest BCUT2D eigenvalue weighted by molar-refractivity contribution is 5.77. The first-order chi connectivity index (χ1) is 9.72. The van der Waals surface area contributed by atoms with E-state index in [0.29, 0.717) is 12.1 Å². The molecule has 1 aliphatic carbocycles. The summed E-state index contributed by atoms with van der Waals surface area (Å²) in [5, 5.41) is 4.96. The summed E-state index contributed by atoms with van der Waals surface area (Å²) in [6.07, 6.45) is 6.69. The van der Waals surface area contributed by atoms with Crippen molar-refractivity contribution in [1.29, 1.82) is 0 Å². The smallest absolute Gasteiger partial charge is 0.134 e. The van der Waals surface area contributed by atoms with E-state index in [1.54, 1.807) is 0 Å². The van der Waals surface area contributed by atoms with Gasteiger partial charge in [0.05, 0.1) is 6.04 Å². The van der Waals surface area contributed by atoms with Crippen LogP contribution in [-0.2, 0) is 0 Å². The molecule has 3 rings (SSSR count). The summed E-state index contributed by atoms with van der Waals surface area (Å²) < 4.78 is 5.96. The molecule has 2 heteroatoms. The molecule has 0 spiro atoms. The predicted molar refractivity (Wildman–Crippen MR) is 83.8 cm³/mol. The standard InChI is InChI=1S/C18H25NO/c1-13-6-5-8-16(11-10-13)19-14(2)18-12-15-7-3-4-9-17(15)20-18/h3-4,7,9,12-14,16,19H,5-6,8,10-11H2,1-2H3. The molecular weight excluding hydrogens is 246 g/mol. The second-order valence-corrected chi connectivity index (χ2v) is 6.39. The van der Waals surface area contributed by atoms with Gasteiger partial charge in [-0.1, -0.05) is 38.0 Å². The van der Waals surface area contributed by atoms with Crippen molar-refractivity contribution in [2.24, 2.45) is 5.92 Å². The van der Waals surface area contributed by atoms with Gasteiger partial charge in [-0.2, -0.15) is 0 Å². The number of nitrogens with one attached hydrogen (secondary N) is 1. The van der Waals surface area contributed by atoms with E-state index < -0.39 is 0 Å². The highest BCUT2D eigenvalue weighted by atomic mass is 16.3. The first-order valence-electron chi connectivity index (χ1n) is 7.97. The van der Waals surface area contributed by atoms with Crippen LogP contribution >= 0.6 is 0 Å². The topological polar surface area (TPSA) is 25.2 Å². The van der Waals surface area contributed by atoms with E-state index in [1.807, 2.05) is 12.1 Å². The second kappa shape index (κ2) is 6.01. The SMILES string of the molecule is CC1CCCC(NC(C)c2cc3ccccc3o2)CC1. The Morgan fingerprint density at radius 2 is 2.00 bits per heavy atom. The molecule has 108 valence electrons. The van der Waals surface area contributed by atoms with E-state index in [1.165, 1.54) is 37.5 Å². The van der Waals surface area contributed by atoms with Crippen LogP contribution in [0.5, 0.6) is 0 Å². The Kier molecular flexibility index (Phi) is 4.11. The maximum absolute atomic E-state index is 5.96. The molecule has 1 aromatic heterocycles. The molecule has 0 amide bonds. The minimum Gasteiger partial charge on any atom is -0.459 e. The molecule has 20 heavy (non-hydrogen) atoms. The normalized spacial score (nSPS) is 25.5. The molecule has 0 bridgehead atoms. The van der Waals surface area contributed by atoms with Crippen LogP contribution in [0.25, 0.3) is 11.0 Å². The van der Waals surface area contributed by atoms with Gasteiger partial charge >= 0.3 is 0 Å². The van der Waals surface area contributed by atoms with E-state index in [9.17, 15) is 0 Å². The van der Waals surface area contributed by atoms with Gasteiger partial charge in [-0.25, -0.2) is 0 Å². The van der Waals surface area contributed by atoms with E-state index in [-0.39, 0.29) is 0 Å². The largest absolute Gasteiger partial charge is 0.459 e. The average molecular weight is 271 g/mol. The van der Waals surface area contributed by atoms with Crippen molar-refractivity contribution < 1.29 is 4.42 Å². The maximum Gasteiger partial charge on any atom is 0.134 e. The number of rotatable bonds is 3. The van der Waals surface area contributed by atoms with Gasteiger partial charge in [0, 0.05) is 11.4 Å². The molecule has 1 fully saturated rings. The molecule has 3 unspecified atom stereocenters. The summed E-state index contributed by atoms with van der Waals surface area (Å²) in [5.41, 5.74) is 0.991. The molecule has 1 N–H and O–H groups in total. The van der Waals surface area contributed by atoms with Crippen LogP contribution < -0.4 is 5.32 Å². The van der Waals surface area contributed by atoms with E-state index in [0.717, 1.165) is 17.3 Å².